The number of nitrogens with zero attached hydrogens (tertiary/aromatic N) is 1. The van der Waals surface area contributed by atoms with Crippen LogP contribution >= 0.6 is 0 Å². The van der Waals surface area contributed by atoms with Crippen molar-refractivity contribution in [2.75, 3.05) is 0 Å². The number of fused-ring (bicyclic) bond motifs is 1. The number of hydrogen-bond donors (Lipinski definition) is 1. The smallest absolute Gasteiger partial charge is 0.256 e. The summed E-state index contributed by atoms with van der Waals surface area (Å²) in [7, 11) is 0. The van der Waals surface area contributed by atoms with Crippen LogP contribution in [0.2, 0.25) is 0 Å². The predicted octanol–water partition coefficient (Wildman–Crippen LogP) is 4.83. The van der Waals surface area contributed by atoms with E-state index in [1.54, 1.807) is 12.1 Å². The summed E-state index contributed by atoms with van der Waals surface area (Å²) in [5.74, 6) is -0.283. The van der Waals surface area contributed by atoms with Gasteiger partial charge in [0.05, 0.1) is 0 Å². The summed E-state index contributed by atoms with van der Waals surface area (Å²) in [6.45, 7) is 2.52. The summed E-state index contributed by atoms with van der Waals surface area (Å²) < 4.78 is 13.2. The van der Waals surface area contributed by atoms with E-state index < -0.39 is 0 Å². The minimum atomic E-state index is -0.276. The highest BCUT2D eigenvalue weighted by Gasteiger charge is 2.37. The zero-order chi connectivity index (χ0) is 18.8. The summed E-state index contributed by atoms with van der Waals surface area (Å²) in [5.41, 5.74) is 3.76. The molecule has 1 amide bonds. The van der Waals surface area contributed by atoms with Gasteiger partial charge < -0.3 is 4.90 Å². The average Bonchev–Trinajstić information content (AvgIpc) is 2.96. The Morgan fingerprint density at radius 1 is 0.963 bits per heavy atom. The van der Waals surface area contributed by atoms with Crippen LogP contribution in [0.25, 0.3) is 0 Å². The molecule has 27 heavy (non-hydrogen) atoms. The third-order valence-electron chi connectivity index (χ3n) is 5.03. The van der Waals surface area contributed by atoms with E-state index in [2.05, 4.69) is 24.4 Å². The van der Waals surface area contributed by atoms with E-state index in [0.29, 0.717) is 6.54 Å². The van der Waals surface area contributed by atoms with E-state index in [-0.39, 0.29) is 23.9 Å². The van der Waals surface area contributed by atoms with Crippen molar-refractivity contribution in [2.24, 2.45) is 0 Å². The summed E-state index contributed by atoms with van der Waals surface area (Å²) in [5, 5.41) is 3.59. The van der Waals surface area contributed by atoms with Crippen molar-refractivity contribution >= 4 is 5.91 Å². The number of carbonyl (C=O) groups excluding carboxylic acids is 1. The molecule has 136 valence electrons. The summed E-state index contributed by atoms with van der Waals surface area (Å²) in [6, 6.07) is 24.2. The van der Waals surface area contributed by atoms with Crippen molar-refractivity contribution in [3.63, 3.8) is 0 Å². The Labute approximate surface area is 158 Å². The van der Waals surface area contributed by atoms with E-state index >= 15 is 0 Å². The number of nitrogens with one attached hydrogen (secondary N) is 1. The lowest BCUT2D eigenvalue weighted by Gasteiger charge is -2.29. The standard InChI is InChI=1S/C23H21FN2O/c1-16(18-7-3-2-4-8-18)25-22-20-9-5-6-10-21(20)23(27)26(22)15-17-11-13-19(24)14-12-17/h2-14,16,22,25H,15H2,1H3/t16-,22+/m1/s1. The molecule has 4 rings (SSSR count). The number of amides is 1. The van der Waals surface area contributed by atoms with Crippen molar-refractivity contribution in [2.45, 2.75) is 25.7 Å². The van der Waals surface area contributed by atoms with Gasteiger partial charge in [0.1, 0.15) is 12.0 Å². The predicted molar refractivity (Wildman–Crippen MR) is 103 cm³/mol. The monoisotopic (exact) mass is 360 g/mol. The molecule has 1 N–H and O–H groups in total. The van der Waals surface area contributed by atoms with Gasteiger partial charge in [-0.2, -0.15) is 0 Å². The molecule has 0 bridgehead atoms. The van der Waals surface area contributed by atoms with Crippen LogP contribution < -0.4 is 5.32 Å². The lowest BCUT2D eigenvalue weighted by atomic mass is 10.1. The minimum absolute atomic E-state index is 0.00677. The number of rotatable bonds is 5. The summed E-state index contributed by atoms with van der Waals surface area (Å²) in [4.78, 5) is 14.8. The largest absolute Gasteiger partial charge is 0.315 e. The zero-order valence-electron chi connectivity index (χ0n) is 15.1. The average molecular weight is 360 g/mol. The molecule has 0 aromatic heterocycles. The molecule has 3 nitrogen and oxygen atoms in total. The molecule has 0 saturated heterocycles. The van der Waals surface area contributed by atoms with Gasteiger partial charge in [-0.25, -0.2) is 4.39 Å². The molecule has 1 aliphatic heterocycles. The van der Waals surface area contributed by atoms with Gasteiger partial charge in [-0.1, -0.05) is 60.7 Å². The number of halogens is 1. The van der Waals surface area contributed by atoms with Gasteiger partial charge in [0, 0.05) is 23.7 Å². The molecule has 0 aliphatic carbocycles. The quantitative estimate of drug-likeness (QED) is 0.707. The van der Waals surface area contributed by atoms with Crippen LogP contribution in [-0.4, -0.2) is 10.8 Å². The Morgan fingerprint density at radius 3 is 2.37 bits per heavy atom. The first kappa shape index (κ1) is 17.4. The second kappa shape index (κ2) is 7.33. The van der Waals surface area contributed by atoms with Gasteiger partial charge in [-0.15, -0.1) is 0 Å². The Hall–Kier alpha value is -2.98. The van der Waals surface area contributed by atoms with Gasteiger partial charge in [-0.05, 0) is 36.2 Å². The molecule has 0 saturated carbocycles. The first-order valence-electron chi connectivity index (χ1n) is 9.09. The van der Waals surface area contributed by atoms with Crippen LogP contribution in [0.15, 0.2) is 78.9 Å². The highest BCUT2D eigenvalue weighted by atomic mass is 19.1. The molecule has 0 unspecified atom stereocenters. The van der Waals surface area contributed by atoms with E-state index in [1.165, 1.54) is 12.1 Å². The number of carbonyl (C=O) groups is 1. The van der Waals surface area contributed by atoms with Gasteiger partial charge in [0.2, 0.25) is 0 Å². The Morgan fingerprint density at radius 2 is 1.63 bits per heavy atom. The maximum absolute atomic E-state index is 13.2. The van der Waals surface area contributed by atoms with E-state index in [0.717, 1.165) is 22.3 Å². The maximum Gasteiger partial charge on any atom is 0.256 e. The van der Waals surface area contributed by atoms with Gasteiger partial charge in [0.15, 0.2) is 0 Å². The minimum Gasteiger partial charge on any atom is -0.315 e. The van der Waals surface area contributed by atoms with Crippen LogP contribution in [0.3, 0.4) is 0 Å². The molecule has 4 heteroatoms. The second-order valence-electron chi connectivity index (χ2n) is 6.85. The second-order valence-corrected chi connectivity index (χ2v) is 6.85. The number of benzene rings is 3. The maximum atomic E-state index is 13.2. The molecule has 3 aromatic rings. The lowest BCUT2D eigenvalue weighted by molar-refractivity contribution is 0.0665. The van der Waals surface area contributed by atoms with Crippen LogP contribution in [0, 0.1) is 5.82 Å². The van der Waals surface area contributed by atoms with Crippen molar-refractivity contribution in [1.82, 2.24) is 10.2 Å². The van der Waals surface area contributed by atoms with Gasteiger partial charge in [0.25, 0.3) is 5.91 Å². The van der Waals surface area contributed by atoms with E-state index in [1.807, 2.05) is 47.4 Å². The van der Waals surface area contributed by atoms with Crippen molar-refractivity contribution < 1.29 is 9.18 Å². The Balaban J connectivity index is 1.64. The third kappa shape index (κ3) is 3.49. The van der Waals surface area contributed by atoms with E-state index in [9.17, 15) is 9.18 Å². The van der Waals surface area contributed by atoms with Crippen molar-refractivity contribution in [1.29, 1.82) is 0 Å². The topological polar surface area (TPSA) is 32.3 Å². The summed E-state index contributed by atoms with van der Waals surface area (Å²) in [6.07, 6.45) is -0.228. The van der Waals surface area contributed by atoms with Gasteiger partial charge in [-0.3, -0.25) is 10.1 Å². The van der Waals surface area contributed by atoms with Crippen molar-refractivity contribution in [3.05, 3.63) is 107 Å². The molecule has 3 aromatic carbocycles. The van der Waals surface area contributed by atoms with Gasteiger partial charge >= 0.3 is 0 Å². The first-order chi connectivity index (χ1) is 13.1. The third-order valence-corrected chi connectivity index (χ3v) is 5.03. The Bertz CT molecular complexity index is 940. The molecular formula is C23H21FN2O. The van der Waals surface area contributed by atoms with Crippen LogP contribution in [-0.2, 0) is 6.54 Å². The van der Waals surface area contributed by atoms with Crippen molar-refractivity contribution in [3.8, 4) is 0 Å². The zero-order valence-corrected chi connectivity index (χ0v) is 15.1. The van der Waals surface area contributed by atoms with E-state index in [4.69, 9.17) is 0 Å². The SMILES string of the molecule is C[C@@H](N[C@@H]1c2ccccc2C(=O)N1Cc1ccc(F)cc1)c1ccccc1. The molecule has 0 radical (unpaired) electrons. The van der Waals surface area contributed by atoms with Crippen LogP contribution in [0.5, 0.6) is 0 Å². The number of hydrogen-bond acceptors (Lipinski definition) is 2. The molecule has 0 spiro atoms. The molecule has 0 fully saturated rings. The molecule has 1 aliphatic rings. The fourth-order valence-electron chi connectivity index (χ4n) is 3.57. The molecule has 2 atom stereocenters. The highest BCUT2D eigenvalue weighted by molar-refractivity contribution is 5.99. The molecular weight excluding hydrogens is 339 g/mol. The van der Waals surface area contributed by atoms with Crippen LogP contribution in [0.1, 0.15) is 46.2 Å². The lowest BCUT2D eigenvalue weighted by Crippen LogP contribution is -2.37. The highest BCUT2D eigenvalue weighted by Crippen LogP contribution is 2.34. The fourth-order valence-corrected chi connectivity index (χ4v) is 3.57. The fraction of sp³-hybridized carbons (Fsp3) is 0.174. The first-order valence-corrected chi connectivity index (χ1v) is 9.09. The molecule has 1 heterocycles. The Kier molecular flexibility index (Phi) is 4.73. The van der Waals surface area contributed by atoms with Crippen LogP contribution in [0.4, 0.5) is 4.39 Å². The summed E-state index contributed by atoms with van der Waals surface area (Å²) >= 11 is 0. The normalized spacial score (nSPS) is 17.0.